The van der Waals surface area contributed by atoms with Gasteiger partial charge in [0.25, 0.3) is 0 Å². The van der Waals surface area contributed by atoms with E-state index < -0.39 is 15.3 Å². The number of hydrogen-bond acceptors (Lipinski definition) is 3. The second-order valence-electron chi connectivity index (χ2n) is 4.03. The minimum atomic E-state index is -3.31. The Hall–Kier alpha value is -0.910. The molecule has 0 aliphatic heterocycles. The summed E-state index contributed by atoms with van der Waals surface area (Å²) in [5.74, 6) is 0. The molecule has 0 aromatic heterocycles. The highest BCUT2D eigenvalue weighted by Crippen LogP contribution is 2.10. The Morgan fingerprint density at radius 2 is 1.88 bits per heavy atom. The van der Waals surface area contributed by atoms with Crippen LogP contribution in [0.1, 0.15) is 25.0 Å². The summed E-state index contributed by atoms with van der Waals surface area (Å²) in [7, 11) is -3.31. The molecule has 1 atom stereocenters. The number of benzene rings is 1. The fourth-order valence-electron chi connectivity index (χ4n) is 1.52. The topological polar surface area (TPSA) is 72.2 Å². The van der Waals surface area contributed by atoms with E-state index in [1.807, 2.05) is 24.3 Å². The molecule has 0 amide bonds. The predicted octanol–water partition coefficient (Wildman–Crippen LogP) is 1.02. The third-order valence-corrected chi connectivity index (χ3v) is 4.62. The molecule has 0 spiro atoms. The zero-order chi connectivity index (χ0) is 12.9. The third kappa shape index (κ3) is 3.80. The van der Waals surface area contributed by atoms with Gasteiger partial charge >= 0.3 is 0 Å². The van der Waals surface area contributed by atoms with E-state index in [4.69, 9.17) is 5.73 Å². The smallest absolute Gasteiger partial charge is 0.215 e. The van der Waals surface area contributed by atoms with Gasteiger partial charge in [0.2, 0.25) is 10.0 Å². The summed E-state index contributed by atoms with van der Waals surface area (Å²) < 4.78 is 26.1. The van der Waals surface area contributed by atoms with Gasteiger partial charge in [-0.05, 0) is 24.5 Å². The SMILES string of the molecule is CCc1ccccc1CNS(=O)(=O)C(C)CN. The minimum Gasteiger partial charge on any atom is -0.329 e. The van der Waals surface area contributed by atoms with Crippen molar-refractivity contribution in [1.29, 1.82) is 0 Å². The van der Waals surface area contributed by atoms with Crippen LogP contribution in [0.2, 0.25) is 0 Å². The van der Waals surface area contributed by atoms with Crippen LogP contribution < -0.4 is 10.5 Å². The van der Waals surface area contributed by atoms with Crippen LogP contribution in [0, 0.1) is 0 Å². The summed E-state index contributed by atoms with van der Waals surface area (Å²) in [6, 6.07) is 7.82. The van der Waals surface area contributed by atoms with Crippen LogP contribution in [0.5, 0.6) is 0 Å². The lowest BCUT2D eigenvalue weighted by Gasteiger charge is -2.13. The summed E-state index contributed by atoms with van der Waals surface area (Å²) in [5, 5.41) is -0.559. The number of nitrogens with two attached hydrogens (primary N) is 1. The van der Waals surface area contributed by atoms with Gasteiger partial charge in [-0.2, -0.15) is 0 Å². The second kappa shape index (κ2) is 6.14. The molecule has 4 nitrogen and oxygen atoms in total. The van der Waals surface area contributed by atoms with Gasteiger partial charge in [0.05, 0.1) is 5.25 Å². The molecule has 0 aliphatic rings. The maximum atomic E-state index is 11.7. The van der Waals surface area contributed by atoms with Gasteiger partial charge in [0, 0.05) is 13.1 Å². The Morgan fingerprint density at radius 3 is 2.41 bits per heavy atom. The molecule has 1 aromatic rings. The second-order valence-corrected chi connectivity index (χ2v) is 6.22. The zero-order valence-electron chi connectivity index (χ0n) is 10.3. The standard InChI is InChI=1S/C12H20N2O2S/c1-3-11-6-4-5-7-12(11)9-14-17(15,16)10(2)8-13/h4-7,10,14H,3,8-9,13H2,1-2H3. The fraction of sp³-hybridized carbons (Fsp3) is 0.500. The first kappa shape index (κ1) is 14.2. The monoisotopic (exact) mass is 256 g/mol. The molecule has 0 aliphatic carbocycles. The average Bonchev–Trinajstić information content (AvgIpc) is 2.35. The first-order valence-corrected chi connectivity index (χ1v) is 7.31. The van der Waals surface area contributed by atoms with E-state index in [1.165, 1.54) is 0 Å². The molecule has 0 saturated heterocycles. The number of rotatable bonds is 6. The van der Waals surface area contributed by atoms with E-state index in [0.29, 0.717) is 6.54 Å². The molecule has 1 rings (SSSR count). The van der Waals surface area contributed by atoms with E-state index in [0.717, 1.165) is 17.5 Å². The van der Waals surface area contributed by atoms with E-state index in [-0.39, 0.29) is 6.54 Å². The lowest BCUT2D eigenvalue weighted by atomic mass is 10.1. The molecule has 0 fully saturated rings. The molecule has 0 bridgehead atoms. The summed E-state index contributed by atoms with van der Waals surface area (Å²) in [4.78, 5) is 0. The molecule has 0 heterocycles. The number of hydrogen-bond donors (Lipinski definition) is 2. The fourth-order valence-corrected chi connectivity index (χ4v) is 2.42. The van der Waals surface area contributed by atoms with Crippen LogP contribution in [-0.4, -0.2) is 20.2 Å². The Balaban J connectivity index is 2.74. The van der Waals surface area contributed by atoms with Crippen molar-refractivity contribution in [3.8, 4) is 0 Å². The molecule has 1 unspecified atom stereocenters. The van der Waals surface area contributed by atoms with E-state index >= 15 is 0 Å². The summed E-state index contributed by atoms with van der Waals surface area (Å²) >= 11 is 0. The Bertz CT molecular complexity index is 457. The van der Waals surface area contributed by atoms with Crippen molar-refractivity contribution < 1.29 is 8.42 Å². The maximum Gasteiger partial charge on any atom is 0.215 e. The minimum absolute atomic E-state index is 0.130. The van der Waals surface area contributed by atoms with Crippen LogP contribution in [0.3, 0.4) is 0 Å². The number of aryl methyl sites for hydroxylation is 1. The van der Waals surface area contributed by atoms with E-state index in [1.54, 1.807) is 6.92 Å². The first-order chi connectivity index (χ1) is 8.01. The highest BCUT2D eigenvalue weighted by atomic mass is 32.2. The van der Waals surface area contributed by atoms with E-state index in [9.17, 15) is 8.42 Å². The maximum absolute atomic E-state index is 11.7. The Morgan fingerprint density at radius 1 is 1.29 bits per heavy atom. The number of sulfonamides is 1. The van der Waals surface area contributed by atoms with Gasteiger partial charge in [0.15, 0.2) is 0 Å². The molecule has 3 N–H and O–H groups in total. The molecular formula is C12H20N2O2S. The lowest BCUT2D eigenvalue weighted by Crippen LogP contribution is -2.36. The van der Waals surface area contributed by atoms with Crippen molar-refractivity contribution in [2.24, 2.45) is 5.73 Å². The van der Waals surface area contributed by atoms with Gasteiger partial charge in [-0.3, -0.25) is 0 Å². The van der Waals surface area contributed by atoms with Gasteiger partial charge in [-0.25, -0.2) is 13.1 Å². The molecule has 5 heteroatoms. The first-order valence-electron chi connectivity index (χ1n) is 5.76. The molecule has 0 radical (unpaired) electrons. The largest absolute Gasteiger partial charge is 0.329 e. The molecule has 0 saturated carbocycles. The van der Waals surface area contributed by atoms with Crippen molar-refractivity contribution in [1.82, 2.24) is 4.72 Å². The van der Waals surface area contributed by atoms with Gasteiger partial charge in [-0.15, -0.1) is 0 Å². The van der Waals surface area contributed by atoms with E-state index in [2.05, 4.69) is 11.6 Å². The summed E-state index contributed by atoms with van der Waals surface area (Å²) in [6.45, 7) is 4.12. The molecule has 1 aromatic carbocycles. The summed E-state index contributed by atoms with van der Waals surface area (Å²) in [5.41, 5.74) is 7.54. The van der Waals surface area contributed by atoms with Crippen molar-refractivity contribution >= 4 is 10.0 Å². The molecule has 96 valence electrons. The highest BCUT2D eigenvalue weighted by molar-refractivity contribution is 7.90. The van der Waals surface area contributed by atoms with Crippen molar-refractivity contribution in [2.75, 3.05) is 6.54 Å². The average molecular weight is 256 g/mol. The predicted molar refractivity (Wildman–Crippen MR) is 70.1 cm³/mol. The molecule has 17 heavy (non-hydrogen) atoms. The quantitative estimate of drug-likeness (QED) is 0.798. The Labute approximate surface area is 103 Å². The van der Waals surface area contributed by atoms with Crippen LogP contribution in [0.4, 0.5) is 0 Å². The molecular weight excluding hydrogens is 236 g/mol. The Kier molecular flexibility index (Phi) is 5.11. The highest BCUT2D eigenvalue weighted by Gasteiger charge is 2.18. The van der Waals surface area contributed by atoms with Crippen LogP contribution in [0.25, 0.3) is 0 Å². The van der Waals surface area contributed by atoms with Crippen molar-refractivity contribution in [3.05, 3.63) is 35.4 Å². The van der Waals surface area contributed by atoms with Crippen LogP contribution >= 0.6 is 0 Å². The summed E-state index contributed by atoms with van der Waals surface area (Å²) in [6.07, 6.45) is 0.893. The van der Waals surface area contributed by atoms with Crippen LogP contribution in [0.15, 0.2) is 24.3 Å². The van der Waals surface area contributed by atoms with Gasteiger partial charge < -0.3 is 5.73 Å². The zero-order valence-corrected chi connectivity index (χ0v) is 11.1. The van der Waals surface area contributed by atoms with Crippen molar-refractivity contribution in [3.63, 3.8) is 0 Å². The van der Waals surface area contributed by atoms with Crippen molar-refractivity contribution in [2.45, 2.75) is 32.1 Å². The number of nitrogens with one attached hydrogen (secondary N) is 1. The van der Waals surface area contributed by atoms with Crippen LogP contribution in [-0.2, 0) is 23.0 Å². The normalized spacial score (nSPS) is 13.6. The van der Waals surface area contributed by atoms with Gasteiger partial charge in [-0.1, -0.05) is 31.2 Å². The van der Waals surface area contributed by atoms with Gasteiger partial charge in [0.1, 0.15) is 0 Å². The third-order valence-electron chi connectivity index (χ3n) is 2.82. The lowest BCUT2D eigenvalue weighted by molar-refractivity contribution is 0.568.